The molecule has 0 atom stereocenters. The van der Waals surface area contributed by atoms with Crippen molar-refractivity contribution < 1.29 is 0 Å². The maximum Gasteiger partial charge on any atom is 0.0561 e. The number of hydrogen-bond donors (Lipinski definition) is 0. The van der Waals surface area contributed by atoms with E-state index in [1.165, 1.54) is 0 Å². The summed E-state index contributed by atoms with van der Waals surface area (Å²) in [5, 5.41) is 0. The highest BCUT2D eigenvalue weighted by molar-refractivity contribution is 6.03. The molecule has 1 nitrogen and oxygen atoms in total. The zero-order valence-corrected chi connectivity index (χ0v) is 5.39. The topological polar surface area (TPSA) is 12.4 Å². The Morgan fingerprint density at radius 1 is 1.62 bits per heavy atom. The molecule has 0 aliphatic heterocycles. The van der Waals surface area contributed by atoms with Gasteiger partial charge in [0.25, 0.3) is 0 Å². The Morgan fingerprint density at radius 2 is 2.25 bits per heavy atom. The first kappa shape index (κ1) is 7.15. The summed E-state index contributed by atoms with van der Waals surface area (Å²) in [4.78, 5) is 3.91. The molecule has 0 aromatic rings. The van der Waals surface area contributed by atoms with Crippen LogP contribution < -0.4 is 0 Å². The smallest absolute Gasteiger partial charge is 0.0561 e. The van der Waals surface area contributed by atoms with Crippen molar-refractivity contribution in [2.75, 3.05) is 7.05 Å². The van der Waals surface area contributed by atoms with Gasteiger partial charge in [0.1, 0.15) is 0 Å². The molecule has 1 heteroatoms. The summed E-state index contributed by atoms with van der Waals surface area (Å²) in [5.41, 5.74) is 0.924. The van der Waals surface area contributed by atoms with Gasteiger partial charge >= 0.3 is 0 Å². The molecule has 0 aromatic carbocycles. The third-order valence-corrected chi connectivity index (χ3v) is 0.805. The van der Waals surface area contributed by atoms with Crippen LogP contribution in [0.1, 0.15) is 6.92 Å². The van der Waals surface area contributed by atoms with Gasteiger partial charge in [-0.05, 0) is 19.1 Å². The van der Waals surface area contributed by atoms with E-state index in [-0.39, 0.29) is 0 Å². The Labute approximate surface area is 50.4 Å². The molecule has 0 aliphatic carbocycles. The van der Waals surface area contributed by atoms with Crippen LogP contribution in [0.15, 0.2) is 29.8 Å². The van der Waals surface area contributed by atoms with E-state index in [9.17, 15) is 0 Å². The molecule has 0 bridgehead atoms. The molecule has 44 valence electrons. The van der Waals surface area contributed by atoms with Gasteiger partial charge < -0.3 is 0 Å². The van der Waals surface area contributed by atoms with Crippen LogP contribution in [0.4, 0.5) is 0 Å². The van der Waals surface area contributed by atoms with Gasteiger partial charge in [-0.25, -0.2) is 0 Å². The number of aliphatic imine (C=N–C) groups is 1. The van der Waals surface area contributed by atoms with Crippen LogP contribution in [0.3, 0.4) is 0 Å². The predicted octanol–water partition coefficient (Wildman–Crippen LogP) is 1.82. The van der Waals surface area contributed by atoms with Crippen molar-refractivity contribution in [2.24, 2.45) is 4.99 Å². The van der Waals surface area contributed by atoms with E-state index >= 15 is 0 Å². The Bertz CT molecular complexity index is 120. The Morgan fingerprint density at radius 3 is 2.38 bits per heavy atom. The van der Waals surface area contributed by atoms with Gasteiger partial charge in [0, 0.05) is 7.05 Å². The monoisotopic (exact) mass is 109 g/mol. The van der Waals surface area contributed by atoms with Gasteiger partial charge in [0.15, 0.2) is 0 Å². The molecular weight excluding hydrogens is 98.1 g/mol. The number of rotatable bonds is 2. The lowest BCUT2D eigenvalue weighted by atomic mass is 10.3. The van der Waals surface area contributed by atoms with Crippen molar-refractivity contribution in [1.29, 1.82) is 0 Å². The third-order valence-electron chi connectivity index (χ3n) is 0.805. The van der Waals surface area contributed by atoms with E-state index < -0.39 is 0 Å². The van der Waals surface area contributed by atoms with Crippen LogP contribution in [0.25, 0.3) is 0 Å². The van der Waals surface area contributed by atoms with E-state index in [0.717, 1.165) is 5.71 Å². The number of nitrogens with zero attached hydrogens (tertiary/aromatic N) is 1. The predicted molar refractivity (Wildman–Crippen MR) is 38.4 cm³/mol. The van der Waals surface area contributed by atoms with Crippen LogP contribution in [-0.4, -0.2) is 12.8 Å². The quantitative estimate of drug-likeness (QED) is 0.479. The highest BCUT2D eigenvalue weighted by Crippen LogP contribution is 1.80. The van der Waals surface area contributed by atoms with E-state index in [1.54, 1.807) is 13.1 Å². The van der Waals surface area contributed by atoms with E-state index in [0.29, 0.717) is 0 Å². The Kier molecular flexibility index (Phi) is 3.85. The minimum Gasteiger partial charge on any atom is -0.289 e. The largest absolute Gasteiger partial charge is 0.289 e. The fraction of sp³-hybridized carbons (Fsp3) is 0.286. The minimum atomic E-state index is 0.924. The summed E-state index contributed by atoms with van der Waals surface area (Å²) >= 11 is 0. The average Bonchev–Trinajstić information content (AvgIpc) is 1.83. The fourth-order valence-corrected chi connectivity index (χ4v) is 0.405. The fourth-order valence-electron chi connectivity index (χ4n) is 0.405. The first-order valence-corrected chi connectivity index (χ1v) is 2.57. The van der Waals surface area contributed by atoms with Crippen molar-refractivity contribution in [2.45, 2.75) is 6.92 Å². The van der Waals surface area contributed by atoms with Crippen molar-refractivity contribution in [3.05, 3.63) is 24.8 Å². The van der Waals surface area contributed by atoms with Crippen molar-refractivity contribution in [1.82, 2.24) is 0 Å². The second kappa shape index (κ2) is 4.31. The minimum absolute atomic E-state index is 0.924. The first-order valence-electron chi connectivity index (χ1n) is 2.57. The van der Waals surface area contributed by atoms with Crippen molar-refractivity contribution in [3.63, 3.8) is 0 Å². The molecule has 8 heavy (non-hydrogen) atoms. The van der Waals surface area contributed by atoms with E-state index in [4.69, 9.17) is 0 Å². The van der Waals surface area contributed by atoms with Gasteiger partial charge in [-0.3, -0.25) is 4.99 Å². The molecule has 0 saturated carbocycles. The molecule has 0 fully saturated rings. The zero-order valence-electron chi connectivity index (χ0n) is 5.39. The second-order valence-electron chi connectivity index (χ2n) is 1.35. The summed E-state index contributed by atoms with van der Waals surface area (Å²) in [6, 6.07) is 0. The summed E-state index contributed by atoms with van der Waals surface area (Å²) in [5.74, 6) is 0. The Balaban J connectivity index is 3.91. The van der Waals surface area contributed by atoms with Crippen LogP contribution in [0.2, 0.25) is 0 Å². The maximum absolute atomic E-state index is 3.91. The summed E-state index contributed by atoms with van der Waals surface area (Å²) in [6.07, 6.45) is 5.57. The normalized spacial score (nSPS) is 12.5. The lowest BCUT2D eigenvalue weighted by Crippen LogP contribution is -1.82. The summed E-state index contributed by atoms with van der Waals surface area (Å²) < 4.78 is 0. The van der Waals surface area contributed by atoms with Gasteiger partial charge in [0.05, 0.1) is 5.71 Å². The molecule has 0 N–H and O–H groups in total. The first-order chi connectivity index (χ1) is 3.85. The van der Waals surface area contributed by atoms with Crippen LogP contribution in [0, 0.1) is 0 Å². The lowest BCUT2D eigenvalue weighted by Gasteiger charge is -1.83. The van der Waals surface area contributed by atoms with E-state index in [1.807, 2.05) is 19.1 Å². The van der Waals surface area contributed by atoms with Crippen LogP contribution >= 0.6 is 0 Å². The molecule has 0 amide bonds. The molecule has 0 spiro atoms. The molecule has 0 aromatic heterocycles. The number of allylic oxidation sites excluding steroid dienone is 3. The molecule has 0 heterocycles. The van der Waals surface area contributed by atoms with Gasteiger partial charge in [-0.15, -0.1) is 0 Å². The van der Waals surface area contributed by atoms with Gasteiger partial charge in [-0.2, -0.15) is 0 Å². The number of hydrogen-bond acceptors (Lipinski definition) is 1. The Hall–Kier alpha value is -0.850. The zero-order chi connectivity index (χ0) is 6.41. The van der Waals surface area contributed by atoms with Gasteiger partial charge in [0.2, 0.25) is 0 Å². The highest BCUT2D eigenvalue weighted by atomic mass is 14.7. The van der Waals surface area contributed by atoms with Crippen LogP contribution in [-0.2, 0) is 0 Å². The lowest BCUT2D eigenvalue weighted by molar-refractivity contribution is 1.45. The average molecular weight is 109 g/mol. The standard InChI is InChI=1S/C7H11N/c1-4-6-7(5-2)8-3/h4-6H,2H2,1,3H3/b6-4-,8-7?. The molecule has 0 unspecified atom stereocenters. The molecule has 0 saturated heterocycles. The molecule has 0 rings (SSSR count). The van der Waals surface area contributed by atoms with Crippen molar-refractivity contribution >= 4 is 5.71 Å². The summed E-state index contributed by atoms with van der Waals surface area (Å²) in [7, 11) is 1.75. The second-order valence-corrected chi connectivity index (χ2v) is 1.35. The maximum atomic E-state index is 3.91. The summed E-state index contributed by atoms with van der Waals surface area (Å²) in [6.45, 7) is 5.52. The van der Waals surface area contributed by atoms with Gasteiger partial charge in [-0.1, -0.05) is 12.7 Å². The highest BCUT2D eigenvalue weighted by Gasteiger charge is 1.76. The van der Waals surface area contributed by atoms with Crippen LogP contribution in [0.5, 0.6) is 0 Å². The molecule has 0 radical (unpaired) electrons. The molecule has 0 aliphatic rings. The van der Waals surface area contributed by atoms with Crippen molar-refractivity contribution in [3.8, 4) is 0 Å². The SMILES string of the molecule is C=CC(/C=C\C)=NC. The van der Waals surface area contributed by atoms with E-state index in [2.05, 4.69) is 11.6 Å². The molecular formula is C7H11N. The third kappa shape index (κ3) is 2.35.